The van der Waals surface area contributed by atoms with Gasteiger partial charge in [0, 0.05) is 41.3 Å². The molecule has 0 fully saturated rings. The van der Waals surface area contributed by atoms with E-state index in [1.807, 2.05) is 74.2 Å². The molecule has 0 bridgehead atoms. The average Bonchev–Trinajstić information content (AvgIpc) is 3.27. The zero-order valence-electron chi connectivity index (χ0n) is 22.4. The highest BCUT2D eigenvalue weighted by atomic mass is 32.1. The molecule has 1 aliphatic rings. The lowest BCUT2D eigenvalue weighted by Crippen LogP contribution is -2.36. The second kappa shape index (κ2) is 10.9. The van der Waals surface area contributed by atoms with E-state index in [-0.39, 0.29) is 11.8 Å². The number of carbonyl (C=O) groups excluding carboxylic acids is 1. The number of carbonyl (C=O) groups is 1. The van der Waals surface area contributed by atoms with Crippen LogP contribution in [0.2, 0.25) is 0 Å². The van der Waals surface area contributed by atoms with Gasteiger partial charge in [-0.25, -0.2) is 9.97 Å². The second-order valence-electron chi connectivity index (χ2n) is 9.97. The molecule has 9 heteroatoms. The van der Waals surface area contributed by atoms with Crippen LogP contribution in [0, 0.1) is 13.8 Å². The fourth-order valence-corrected chi connectivity index (χ4v) is 5.93. The van der Waals surface area contributed by atoms with E-state index in [4.69, 9.17) is 4.74 Å². The predicted octanol–water partition coefficient (Wildman–Crippen LogP) is 5.80. The van der Waals surface area contributed by atoms with Gasteiger partial charge < -0.3 is 19.9 Å². The molecule has 8 nitrogen and oxygen atoms in total. The normalized spacial score (nSPS) is 15.3. The van der Waals surface area contributed by atoms with Crippen LogP contribution in [0.4, 0.5) is 11.5 Å². The van der Waals surface area contributed by atoms with E-state index >= 15 is 0 Å². The Morgan fingerprint density at radius 2 is 2.05 bits per heavy atom. The molecular formula is C29H32N6O2S. The van der Waals surface area contributed by atoms with Crippen LogP contribution in [-0.2, 0) is 11.3 Å². The van der Waals surface area contributed by atoms with Crippen LogP contribution in [0.15, 0.2) is 55.0 Å². The number of amides is 1. The predicted molar refractivity (Wildman–Crippen MR) is 152 cm³/mol. The van der Waals surface area contributed by atoms with Crippen LogP contribution in [0.25, 0.3) is 10.2 Å². The van der Waals surface area contributed by atoms with Crippen molar-refractivity contribution in [2.75, 3.05) is 32.5 Å². The molecule has 0 unspecified atom stereocenters. The highest BCUT2D eigenvalue weighted by molar-refractivity contribution is 7.19. The number of benzene rings is 1. The van der Waals surface area contributed by atoms with Gasteiger partial charge in [-0.2, -0.15) is 0 Å². The van der Waals surface area contributed by atoms with Crippen molar-refractivity contribution >= 4 is 39.0 Å². The van der Waals surface area contributed by atoms with Gasteiger partial charge in [0.1, 0.15) is 28.5 Å². The summed E-state index contributed by atoms with van der Waals surface area (Å²) in [7, 11) is 3.97. The van der Waals surface area contributed by atoms with E-state index in [0.29, 0.717) is 18.8 Å². The van der Waals surface area contributed by atoms with Gasteiger partial charge >= 0.3 is 0 Å². The Labute approximate surface area is 227 Å². The van der Waals surface area contributed by atoms with E-state index in [9.17, 15) is 4.79 Å². The zero-order chi connectivity index (χ0) is 26.8. The van der Waals surface area contributed by atoms with Gasteiger partial charge in [0.25, 0.3) is 0 Å². The second-order valence-corrected chi connectivity index (χ2v) is 11.1. The fourth-order valence-electron chi connectivity index (χ4n) is 4.65. The summed E-state index contributed by atoms with van der Waals surface area (Å²) in [4.78, 5) is 32.3. The van der Waals surface area contributed by atoms with Crippen molar-refractivity contribution in [1.29, 1.82) is 0 Å². The first-order valence-corrected chi connectivity index (χ1v) is 13.4. The van der Waals surface area contributed by atoms with Crippen molar-refractivity contribution in [3.63, 3.8) is 0 Å². The summed E-state index contributed by atoms with van der Waals surface area (Å²) in [6.45, 7) is 8.13. The molecule has 0 saturated carbocycles. The van der Waals surface area contributed by atoms with Crippen LogP contribution in [0.3, 0.4) is 0 Å². The SMILES string of the molecule is Cc1ccc(Oc2ccc(Nc3ncnc4sc5c(c34)[C@H](C)CN(C(=O)C=CCN(C)C)C5)cc2C)cn1. The molecular weight excluding hydrogens is 496 g/mol. The lowest BCUT2D eigenvalue weighted by molar-refractivity contribution is -0.127. The topological polar surface area (TPSA) is 83.5 Å². The summed E-state index contributed by atoms with van der Waals surface area (Å²) < 4.78 is 6.03. The summed E-state index contributed by atoms with van der Waals surface area (Å²) in [5.41, 5.74) is 4.10. The van der Waals surface area contributed by atoms with Crippen LogP contribution >= 0.6 is 11.3 Å². The van der Waals surface area contributed by atoms with Crippen molar-refractivity contribution < 1.29 is 9.53 Å². The van der Waals surface area contributed by atoms with Gasteiger partial charge in [0.15, 0.2) is 0 Å². The lowest BCUT2D eigenvalue weighted by Gasteiger charge is -2.30. The van der Waals surface area contributed by atoms with Crippen molar-refractivity contribution in [1.82, 2.24) is 24.8 Å². The summed E-state index contributed by atoms with van der Waals surface area (Å²) in [6, 6.07) is 9.84. The van der Waals surface area contributed by atoms with Crippen LogP contribution in [0.1, 0.15) is 34.5 Å². The maximum absolute atomic E-state index is 12.8. The van der Waals surface area contributed by atoms with Gasteiger partial charge in [-0.05, 0) is 69.4 Å². The number of aryl methyl sites for hydroxylation is 2. The summed E-state index contributed by atoms with van der Waals surface area (Å²) in [5.74, 6) is 2.48. The molecule has 3 aromatic heterocycles. The molecule has 1 aliphatic heterocycles. The Bertz CT molecular complexity index is 1500. The number of likely N-dealkylation sites (N-methyl/N-ethyl adjacent to an activating group) is 1. The Morgan fingerprint density at radius 3 is 2.79 bits per heavy atom. The monoisotopic (exact) mass is 528 g/mol. The standard InChI is InChI=1S/C29H32N6O2S/c1-18-13-21(9-11-23(18)37-22-10-8-20(3)30-14-22)33-28-27-26-19(2)15-35(25(36)7-6-12-34(4)5)16-24(26)38-29(27)32-17-31-28/h6-11,13-14,17,19H,12,15-16H2,1-5H3,(H,31,32,33)/t19-/m1/s1. The minimum atomic E-state index is 0.0467. The average molecular weight is 529 g/mol. The van der Waals surface area contributed by atoms with E-state index in [2.05, 4.69) is 27.2 Å². The summed E-state index contributed by atoms with van der Waals surface area (Å²) in [5, 5.41) is 4.55. The molecule has 1 atom stereocenters. The van der Waals surface area contributed by atoms with Crippen LogP contribution in [0.5, 0.6) is 11.5 Å². The molecule has 38 heavy (non-hydrogen) atoms. The molecule has 4 aromatic rings. The lowest BCUT2D eigenvalue weighted by atomic mass is 9.94. The van der Waals surface area contributed by atoms with Crippen molar-refractivity contribution in [3.05, 3.63) is 76.7 Å². The number of aromatic nitrogens is 3. The third-order valence-corrected chi connectivity index (χ3v) is 7.61. The number of nitrogens with zero attached hydrogens (tertiary/aromatic N) is 5. The van der Waals surface area contributed by atoms with Crippen LogP contribution in [-0.4, -0.2) is 57.8 Å². The van der Waals surface area contributed by atoms with E-state index < -0.39 is 0 Å². The Balaban J connectivity index is 1.38. The Hall–Kier alpha value is -3.82. The largest absolute Gasteiger partial charge is 0.455 e. The van der Waals surface area contributed by atoms with Crippen molar-refractivity contribution in [2.45, 2.75) is 33.2 Å². The maximum Gasteiger partial charge on any atom is 0.246 e. The van der Waals surface area contributed by atoms with E-state index in [1.54, 1.807) is 29.9 Å². The smallest absolute Gasteiger partial charge is 0.246 e. The van der Waals surface area contributed by atoms with E-state index in [0.717, 1.165) is 45.3 Å². The number of thiophene rings is 1. The van der Waals surface area contributed by atoms with Gasteiger partial charge in [-0.3, -0.25) is 9.78 Å². The van der Waals surface area contributed by atoms with Crippen molar-refractivity contribution in [2.24, 2.45) is 0 Å². The molecule has 1 N–H and O–H groups in total. The number of hydrogen-bond acceptors (Lipinski definition) is 8. The van der Waals surface area contributed by atoms with Gasteiger partial charge in [0.2, 0.25) is 5.91 Å². The molecule has 0 spiro atoms. The number of fused-ring (bicyclic) bond motifs is 3. The number of anilines is 2. The molecule has 0 saturated heterocycles. The van der Waals surface area contributed by atoms with Crippen LogP contribution < -0.4 is 10.1 Å². The molecule has 1 amide bonds. The van der Waals surface area contributed by atoms with Gasteiger partial charge in [0.05, 0.1) is 18.1 Å². The third kappa shape index (κ3) is 5.54. The minimum absolute atomic E-state index is 0.0467. The third-order valence-electron chi connectivity index (χ3n) is 6.52. The first-order chi connectivity index (χ1) is 18.3. The highest BCUT2D eigenvalue weighted by Crippen LogP contribution is 2.42. The molecule has 0 radical (unpaired) electrons. The maximum atomic E-state index is 12.8. The Morgan fingerprint density at radius 1 is 1.21 bits per heavy atom. The first kappa shape index (κ1) is 25.8. The number of ether oxygens (including phenoxy) is 1. The van der Waals surface area contributed by atoms with Gasteiger partial charge in [-0.15, -0.1) is 11.3 Å². The molecule has 196 valence electrons. The number of hydrogen-bond donors (Lipinski definition) is 1. The quantitative estimate of drug-likeness (QED) is 0.303. The van der Waals surface area contributed by atoms with E-state index in [1.165, 1.54) is 10.4 Å². The molecule has 5 rings (SSSR count). The number of nitrogens with one attached hydrogen (secondary N) is 1. The first-order valence-electron chi connectivity index (χ1n) is 12.6. The van der Waals surface area contributed by atoms with Crippen molar-refractivity contribution in [3.8, 4) is 11.5 Å². The highest BCUT2D eigenvalue weighted by Gasteiger charge is 2.30. The fraction of sp³-hybridized carbons (Fsp3) is 0.310. The Kier molecular flexibility index (Phi) is 7.40. The molecule has 1 aromatic carbocycles. The van der Waals surface area contributed by atoms with Gasteiger partial charge in [-0.1, -0.05) is 13.0 Å². The molecule has 0 aliphatic carbocycles. The summed E-state index contributed by atoms with van der Waals surface area (Å²) in [6.07, 6.45) is 6.92. The number of pyridine rings is 1. The summed E-state index contributed by atoms with van der Waals surface area (Å²) >= 11 is 1.64. The number of rotatable bonds is 7. The molecule has 4 heterocycles. The minimum Gasteiger partial charge on any atom is -0.455 e. The zero-order valence-corrected chi connectivity index (χ0v) is 23.2.